The minimum absolute atomic E-state index is 0.0524. The highest BCUT2D eigenvalue weighted by Gasteiger charge is 2.02. The lowest BCUT2D eigenvalue weighted by atomic mass is 10.2. The maximum absolute atomic E-state index is 5.73. The molecule has 0 aliphatic carbocycles. The number of benzene rings is 1. The fourth-order valence-corrected chi connectivity index (χ4v) is 1.46. The molecule has 2 rings (SSSR count). The summed E-state index contributed by atoms with van der Waals surface area (Å²) in [6.07, 6.45) is 1.69. The molecule has 2 N–H and O–H groups in total. The Hall–Kier alpha value is -1.87. The maximum Gasteiger partial charge on any atom is 0.145 e. The summed E-state index contributed by atoms with van der Waals surface area (Å²) in [5.74, 6) is 1.53. The number of nitrogens with zero attached hydrogens (tertiary/aromatic N) is 1. The standard InChI is InChI=1S/C14H16N2O/c1-10-3-5-12(6-4-10)17-13-7-8-14(11(2)15)16-9-13/h3-9,11H,15H2,1-2H3. The van der Waals surface area contributed by atoms with E-state index in [0.29, 0.717) is 0 Å². The van der Waals surface area contributed by atoms with Crippen LogP contribution in [0.4, 0.5) is 0 Å². The summed E-state index contributed by atoms with van der Waals surface area (Å²) in [5, 5.41) is 0. The summed E-state index contributed by atoms with van der Waals surface area (Å²) in [7, 11) is 0. The van der Waals surface area contributed by atoms with Crippen LogP contribution < -0.4 is 10.5 Å². The number of aromatic nitrogens is 1. The highest BCUT2D eigenvalue weighted by molar-refractivity contribution is 5.32. The first-order chi connectivity index (χ1) is 8.15. The van der Waals surface area contributed by atoms with Gasteiger partial charge in [0.25, 0.3) is 0 Å². The van der Waals surface area contributed by atoms with Crippen molar-refractivity contribution in [1.29, 1.82) is 0 Å². The third-order valence-electron chi connectivity index (χ3n) is 2.48. The van der Waals surface area contributed by atoms with Gasteiger partial charge in [0.1, 0.15) is 11.5 Å². The molecule has 0 bridgehead atoms. The first-order valence-corrected chi connectivity index (χ1v) is 5.61. The molecule has 0 fully saturated rings. The van der Waals surface area contributed by atoms with Gasteiger partial charge >= 0.3 is 0 Å². The predicted molar refractivity (Wildman–Crippen MR) is 68.1 cm³/mol. The van der Waals surface area contributed by atoms with Gasteiger partial charge in [-0.3, -0.25) is 4.98 Å². The quantitative estimate of drug-likeness (QED) is 0.877. The summed E-state index contributed by atoms with van der Waals surface area (Å²) in [5.41, 5.74) is 7.80. The first kappa shape index (κ1) is 11.6. The number of hydrogen-bond acceptors (Lipinski definition) is 3. The summed E-state index contributed by atoms with van der Waals surface area (Å²) < 4.78 is 5.66. The Morgan fingerprint density at radius 1 is 1.06 bits per heavy atom. The number of hydrogen-bond donors (Lipinski definition) is 1. The van der Waals surface area contributed by atoms with Crippen LogP contribution in [-0.4, -0.2) is 4.98 Å². The largest absolute Gasteiger partial charge is 0.456 e. The molecule has 2 aromatic rings. The summed E-state index contributed by atoms with van der Waals surface area (Å²) >= 11 is 0. The smallest absolute Gasteiger partial charge is 0.145 e. The highest BCUT2D eigenvalue weighted by atomic mass is 16.5. The first-order valence-electron chi connectivity index (χ1n) is 5.61. The molecule has 1 atom stereocenters. The number of ether oxygens (including phenoxy) is 1. The third-order valence-corrected chi connectivity index (χ3v) is 2.48. The SMILES string of the molecule is Cc1ccc(Oc2ccc(C(C)N)nc2)cc1. The monoisotopic (exact) mass is 228 g/mol. The molecule has 88 valence electrons. The second-order valence-corrected chi connectivity index (χ2v) is 4.12. The average molecular weight is 228 g/mol. The topological polar surface area (TPSA) is 48.1 Å². The molecule has 0 amide bonds. The van der Waals surface area contributed by atoms with Gasteiger partial charge in [0.2, 0.25) is 0 Å². The fourth-order valence-electron chi connectivity index (χ4n) is 1.46. The van der Waals surface area contributed by atoms with E-state index in [4.69, 9.17) is 10.5 Å². The van der Waals surface area contributed by atoms with E-state index in [2.05, 4.69) is 4.98 Å². The Morgan fingerprint density at radius 2 is 1.71 bits per heavy atom. The van der Waals surface area contributed by atoms with E-state index in [0.717, 1.165) is 17.2 Å². The van der Waals surface area contributed by atoms with Gasteiger partial charge < -0.3 is 10.5 Å². The molecule has 1 unspecified atom stereocenters. The Morgan fingerprint density at radius 3 is 2.24 bits per heavy atom. The minimum Gasteiger partial charge on any atom is -0.456 e. The molecule has 1 heterocycles. The van der Waals surface area contributed by atoms with Gasteiger partial charge in [0.15, 0.2) is 0 Å². The van der Waals surface area contributed by atoms with Crippen LogP contribution in [0.5, 0.6) is 11.5 Å². The van der Waals surface area contributed by atoms with Crippen molar-refractivity contribution >= 4 is 0 Å². The van der Waals surface area contributed by atoms with Crippen molar-refractivity contribution in [3.8, 4) is 11.5 Å². The van der Waals surface area contributed by atoms with E-state index in [1.54, 1.807) is 6.20 Å². The lowest BCUT2D eigenvalue weighted by Gasteiger charge is -2.07. The fraction of sp³-hybridized carbons (Fsp3) is 0.214. The van der Waals surface area contributed by atoms with Gasteiger partial charge in [-0.1, -0.05) is 17.7 Å². The molecule has 3 nitrogen and oxygen atoms in total. The van der Waals surface area contributed by atoms with E-state index in [1.165, 1.54) is 5.56 Å². The van der Waals surface area contributed by atoms with Crippen LogP contribution in [0.2, 0.25) is 0 Å². The zero-order chi connectivity index (χ0) is 12.3. The molecular formula is C14H16N2O. The average Bonchev–Trinajstić information content (AvgIpc) is 2.33. The van der Waals surface area contributed by atoms with E-state index in [1.807, 2.05) is 50.2 Å². The molecule has 0 saturated heterocycles. The van der Waals surface area contributed by atoms with Crippen LogP contribution in [0.15, 0.2) is 42.6 Å². The van der Waals surface area contributed by atoms with Gasteiger partial charge in [-0.05, 0) is 38.1 Å². The second-order valence-electron chi connectivity index (χ2n) is 4.12. The molecule has 0 saturated carbocycles. The number of pyridine rings is 1. The number of nitrogens with two attached hydrogens (primary N) is 1. The predicted octanol–water partition coefficient (Wildman–Crippen LogP) is 3.20. The number of aryl methyl sites for hydroxylation is 1. The van der Waals surface area contributed by atoms with Crippen molar-refractivity contribution in [1.82, 2.24) is 4.98 Å². The second kappa shape index (κ2) is 4.97. The van der Waals surface area contributed by atoms with Gasteiger partial charge in [0, 0.05) is 6.04 Å². The van der Waals surface area contributed by atoms with Crippen LogP contribution in [-0.2, 0) is 0 Å². The van der Waals surface area contributed by atoms with Crippen LogP contribution in [0.3, 0.4) is 0 Å². The maximum atomic E-state index is 5.73. The van der Waals surface area contributed by atoms with Gasteiger partial charge in [-0.25, -0.2) is 0 Å². The summed E-state index contributed by atoms with van der Waals surface area (Å²) in [6, 6.07) is 11.6. The lowest BCUT2D eigenvalue weighted by molar-refractivity contribution is 0.479. The summed E-state index contributed by atoms with van der Waals surface area (Å²) in [6.45, 7) is 3.95. The van der Waals surface area contributed by atoms with Crippen LogP contribution >= 0.6 is 0 Å². The van der Waals surface area contributed by atoms with E-state index in [-0.39, 0.29) is 6.04 Å². The molecule has 0 spiro atoms. The van der Waals surface area contributed by atoms with E-state index in [9.17, 15) is 0 Å². The van der Waals surface area contributed by atoms with Crippen molar-refractivity contribution in [2.45, 2.75) is 19.9 Å². The van der Waals surface area contributed by atoms with Crippen molar-refractivity contribution in [2.24, 2.45) is 5.73 Å². The Kier molecular flexibility index (Phi) is 3.40. The third kappa shape index (κ3) is 3.04. The van der Waals surface area contributed by atoms with Crippen LogP contribution in [0.1, 0.15) is 24.2 Å². The molecule has 3 heteroatoms. The van der Waals surface area contributed by atoms with Crippen molar-refractivity contribution < 1.29 is 4.74 Å². The normalized spacial score (nSPS) is 12.2. The number of rotatable bonds is 3. The van der Waals surface area contributed by atoms with Gasteiger partial charge in [-0.2, -0.15) is 0 Å². The summed E-state index contributed by atoms with van der Waals surface area (Å²) in [4.78, 5) is 4.24. The highest BCUT2D eigenvalue weighted by Crippen LogP contribution is 2.21. The Bertz CT molecular complexity index is 475. The van der Waals surface area contributed by atoms with Crippen molar-refractivity contribution in [3.05, 3.63) is 53.9 Å². The van der Waals surface area contributed by atoms with Gasteiger partial charge in [0.05, 0.1) is 11.9 Å². The van der Waals surface area contributed by atoms with Crippen molar-refractivity contribution in [3.63, 3.8) is 0 Å². The van der Waals surface area contributed by atoms with Crippen molar-refractivity contribution in [2.75, 3.05) is 0 Å². The molecule has 0 aliphatic heterocycles. The molecule has 17 heavy (non-hydrogen) atoms. The minimum atomic E-state index is -0.0524. The Balaban J connectivity index is 2.11. The molecule has 0 radical (unpaired) electrons. The van der Waals surface area contributed by atoms with Crippen LogP contribution in [0.25, 0.3) is 0 Å². The Labute approximate surface area is 101 Å². The van der Waals surface area contributed by atoms with E-state index < -0.39 is 0 Å². The molecule has 1 aromatic heterocycles. The van der Waals surface area contributed by atoms with E-state index >= 15 is 0 Å². The van der Waals surface area contributed by atoms with Gasteiger partial charge in [-0.15, -0.1) is 0 Å². The zero-order valence-corrected chi connectivity index (χ0v) is 10.1. The molecule has 0 aliphatic rings. The van der Waals surface area contributed by atoms with Crippen LogP contribution in [0, 0.1) is 6.92 Å². The zero-order valence-electron chi connectivity index (χ0n) is 10.1. The molecule has 1 aromatic carbocycles. The lowest BCUT2D eigenvalue weighted by Crippen LogP contribution is -2.06. The molecular weight excluding hydrogens is 212 g/mol.